The molecule has 2 aliphatic heterocycles. The second-order valence-electron chi connectivity index (χ2n) is 10.9. The van der Waals surface area contributed by atoms with Crippen LogP contribution < -0.4 is 15.0 Å². The number of aromatic nitrogens is 3. The summed E-state index contributed by atoms with van der Waals surface area (Å²) in [6.45, 7) is 6.55. The van der Waals surface area contributed by atoms with E-state index in [0.29, 0.717) is 23.0 Å². The summed E-state index contributed by atoms with van der Waals surface area (Å²) in [6.07, 6.45) is 8.90. The Morgan fingerprint density at radius 1 is 1.02 bits per heavy atom. The van der Waals surface area contributed by atoms with Gasteiger partial charge < -0.3 is 24.4 Å². The van der Waals surface area contributed by atoms with E-state index in [9.17, 15) is 5.26 Å². The van der Waals surface area contributed by atoms with E-state index in [0.717, 1.165) is 77.3 Å². The third kappa shape index (κ3) is 6.30. The highest BCUT2D eigenvalue weighted by atomic mass is 35.5. The number of piperidine rings is 1. The lowest BCUT2D eigenvalue weighted by molar-refractivity contribution is 0.0765. The maximum Gasteiger partial charge on any atom is 0.172 e. The van der Waals surface area contributed by atoms with Gasteiger partial charge in [0.2, 0.25) is 0 Å². The minimum absolute atomic E-state index is 0.459. The van der Waals surface area contributed by atoms with Crippen LogP contribution in [0.5, 0.6) is 5.75 Å². The first-order valence-electron chi connectivity index (χ1n) is 14.4. The standard InChI is InChI=1S/C31H35ClN8OS/c1-37-12-14-39(15-13-37)21-41-28-17-24-26(18-27(28)40-9-4-3-5-10-40)35-20-22(19-33)30(24)36-23-6-7-29(25(32)16-23)42-31-34-8-11-38(31)2/h6-8,11,16-18,20H,3-5,9-10,12-15,21H2,1-2H3,(H,35,36). The number of fused-ring (bicyclic) bond motifs is 1. The van der Waals surface area contributed by atoms with Crippen molar-refractivity contribution in [3.05, 3.63) is 59.5 Å². The molecule has 9 nitrogen and oxygen atoms in total. The predicted molar refractivity (Wildman–Crippen MR) is 169 cm³/mol. The highest BCUT2D eigenvalue weighted by Gasteiger charge is 2.21. The summed E-state index contributed by atoms with van der Waals surface area (Å²) in [5, 5.41) is 15.8. The van der Waals surface area contributed by atoms with Crippen LogP contribution in [0.3, 0.4) is 0 Å². The highest BCUT2D eigenvalue weighted by molar-refractivity contribution is 7.99. The van der Waals surface area contributed by atoms with Gasteiger partial charge in [-0.3, -0.25) is 9.88 Å². The molecule has 0 amide bonds. The van der Waals surface area contributed by atoms with E-state index in [4.69, 9.17) is 21.3 Å². The Hall–Kier alpha value is -3.49. The molecule has 0 unspecified atom stereocenters. The van der Waals surface area contributed by atoms with Crippen LogP contribution in [0.15, 0.2) is 59.0 Å². The Morgan fingerprint density at radius 2 is 1.83 bits per heavy atom. The summed E-state index contributed by atoms with van der Waals surface area (Å²) in [6, 6.07) is 12.3. The highest BCUT2D eigenvalue weighted by Crippen LogP contribution is 2.40. The van der Waals surface area contributed by atoms with Crippen molar-refractivity contribution in [2.24, 2.45) is 7.05 Å². The molecule has 2 fully saturated rings. The van der Waals surface area contributed by atoms with Crippen molar-refractivity contribution < 1.29 is 4.74 Å². The molecule has 218 valence electrons. The lowest BCUT2D eigenvalue weighted by atomic mass is 10.1. The van der Waals surface area contributed by atoms with Crippen LogP contribution in [-0.2, 0) is 7.05 Å². The summed E-state index contributed by atoms with van der Waals surface area (Å²) in [5.41, 5.74) is 3.82. The van der Waals surface area contributed by atoms with Crippen LogP contribution in [0.25, 0.3) is 10.9 Å². The first kappa shape index (κ1) is 28.6. The molecule has 0 bridgehead atoms. The molecular formula is C31H35ClN8OS. The third-order valence-electron chi connectivity index (χ3n) is 7.94. The largest absolute Gasteiger partial charge is 0.476 e. The number of halogens is 1. The number of ether oxygens (including phenoxy) is 1. The van der Waals surface area contributed by atoms with Crippen molar-refractivity contribution in [1.82, 2.24) is 24.3 Å². The molecule has 0 atom stereocenters. The number of piperazine rings is 1. The van der Waals surface area contributed by atoms with Crippen LogP contribution in [0.1, 0.15) is 24.8 Å². The molecule has 4 heterocycles. The number of rotatable bonds is 8. The van der Waals surface area contributed by atoms with Gasteiger partial charge >= 0.3 is 0 Å². The molecule has 2 aromatic heterocycles. The van der Waals surface area contributed by atoms with E-state index in [1.165, 1.54) is 31.0 Å². The number of likely N-dealkylation sites (N-methyl/N-ethyl adjacent to an activating group) is 1. The zero-order valence-electron chi connectivity index (χ0n) is 24.0. The number of benzene rings is 2. The van der Waals surface area contributed by atoms with Gasteiger partial charge in [-0.1, -0.05) is 23.4 Å². The Labute approximate surface area is 256 Å². The van der Waals surface area contributed by atoms with Gasteiger partial charge in [-0.2, -0.15) is 5.26 Å². The Bertz CT molecular complexity index is 1600. The number of nitriles is 1. The Kier molecular flexibility index (Phi) is 8.72. The summed E-state index contributed by atoms with van der Waals surface area (Å²) < 4.78 is 8.50. The van der Waals surface area contributed by atoms with Gasteiger partial charge in [0.1, 0.15) is 18.5 Å². The van der Waals surface area contributed by atoms with Gasteiger partial charge in [0, 0.05) is 80.9 Å². The fourth-order valence-electron chi connectivity index (χ4n) is 5.42. The van der Waals surface area contributed by atoms with Crippen molar-refractivity contribution in [2.45, 2.75) is 29.3 Å². The van der Waals surface area contributed by atoms with Crippen molar-refractivity contribution in [1.29, 1.82) is 5.26 Å². The number of aryl methyl sites for hydroxylation is 1. The van der Waals surface area contributed by atoms with E-state index in [-0.39, 0.29) is 0 Å². The van der Waals surface area contributed by atoms with E-state index in [2.05, 4.69) is 50.3 Å². The number of nitrogens with one attached hydrogen (secondary N) is 1. The summed E-state index contributed by atoms with van der Waals surface area (Å²) in [7, 11) is 4.11. The average Bonchev–Trinajstić information content (AvgIpc) is 3.42. The molecule has 2 aliphatic rings. The topological polar surface area (TPSA) is 85.5 Å². The second kappa shape index (κ2) is 12.8. The van der Waals surface area contributed by atoms with E-state index in [1.807, 2.05) is 36.0 Å². The van der Waals surface area contributed by atoms with Crippen LogP contribution in [0, 0.1) is 11.3 Å². The molecule has 2 aromatic carbocycles. The second-order valence-corrected chi connectivity index (χ2v) is 12.3. The molecular weight excluding hydrogens is 568 g/mol. The van der Waals surface area contributed by atoms with Crippen LogP contribution >= 0.6 is 23.4 Å². The van der Waals surface area contributed by atoms with E-state index >= 15 is 0 Å². The zero-order chi connectivity index (χ0) is 29.1. The van der Waals surface area contributed by atoms with Gasteiger partial charge in [0.25, 0.3) is 0 Å². The zero-order valence-corrected chi connectivity index (χ0v) is 25.6. The lowest BCUT2D eigenvalue weighted by Gasteiger charge is -2.34. The van der Waals surface area contributed by atoms with E-state index in [1.54, 1.807) is 12.4 Å². The minimum atomic E-state index is 0.459. The van der Waals surface area contributed by atoms with Crippen molar-refractivity contribution in [3.8, 4) is 11.8 Å². The van der Waals surface area contributed by atoms with Gasteiger partial charge in [-0.25, -0.2) is 4.98 Å². The van der Waals surface area contributed by atoms with Gasteiger partial charge in [0.15, 0.2) is 5.16 Å². The number of hydrogen-bond donors (Lipinski definition) is 1. The van der Waals surface area contributed by atoms with Crippen LogP contribution in [0.4, 0.5) is 17.1 Å². The normalized spacial score (nSPS) is 16.5. The number of hydrogen-bond acceptors (Lipinski definition) is 9. The fraction of sp³-hybridized carbons (Fsp3) is 0.387. The first-order chi connectivity index (χ1) is 20.5. The van der Waals surface area contributed by atoms with Crippen LogP contribution in [0.2, 0.25) is 5.02 Å². The number of pyridine rings is 1. The first-order valence-corrected chi connectivity index (χ1v) is 15.5. The van der Waals surface area contributed by atoms with Gasteiger partial charge in [0.05, 0.1) is 27.5 Å². The number of nitrogens with zero attached hydrogens (tertiary/aromatic N) is 7. The molecule has 0 radical (unpaired) electrons. The van der Waals surface area contributed by atoms with Crippen molar-refractivity contribution >= 4 is 51.3 Å². The maximum absolute atomic E-state index is 10.0. The minimum Gasteiger partial charge on any atom is -0.476 e. The molecule has 2 saturated heterocycles. The SMILES string of the molecule is CN1CCN(COc2cc3c(Nc4ccc(Sc5nccn5C)c(Cl)c4)c(C#N)cnc3cc2N2CCCCC2)CC1. The molecule has 0 spiro atoms. The molecule has 6 rings (SSSR count). The smallest absolute Gasteiger partial charge is 0.172 e. The molecule has 0 aliphatic carbocycles. The monoisotopic (exact) mass is 602 g/mol. The van der Waals surface area contributed by atoms with Crippen LogP contribution in [-0.4, -0.2) is 77.4 Å². The van der Waals surface area contributed by atoms with Crippen molar-refractivity contribution in [2.75, 3.05) is 63.3 Å². The molecule has 1 N–H and O–H groups in total. The Balaban J connectivity index is 1.33. The quantitative estimate of drug-likeness (QED) is 0.262. The third-order valence-corrected chi connectivity index (χ3v) is 9.52. The fourth-order valence-corrected chi connectivity index (χ4v) is 6.52. The molecule has 4 aromatic rings. The predicted octanol–water partition coefficient (Wildman–Crippen LogP) is 5.96. The Morgan fingerprint density at radius 3 is 2.55 bits per heavy atom. The average molecular weight is 603 g/mol. The van der Waals surface area contributed by atoms with Crippen molar-refractivity contribution in [3.63, 3.8) is 0 Å². The molecule has 0 saturated carbocycles. The maximum atomic E-state index is 10.0. The summed E-state index contributed by atoms with van der Waals surface area (Å²) in [4.78, 5) is 17.1. The molecule has 42 heavy (non-hydrogen) atoms. The van der Waals surface area contributed by atoms with Gasteiger partial charge in [-0.05, 0) is 56.6 Å². The summed E-state index contributed by atoms with van der Waals surface area (Å²) in [5.74, 6) is 0.822. The number of imidazole rings is 1. The molecule has 11 heteroatoms. The lowest BCUT2D eigenvalue weighted by Crippen LogP contribution is -2.45. The van der Waals surface area contributed by atoms with E-state index < -0.39 is 0 Å². The number of anilines is 3. The summed E-state index contributed by atoms with van der Waals surface area (Å²) >= 11 is 8.21. The van der Waals surface area contributed by atoms with Gasteiger partial charge in [-0.15, -0.1) is 0 Å².